The second-order valence-corrected chi connectivity index (χ2v) is 7.79. The third-order valence-corrected chi connectivity index (χ3v) is 5.46. The summed E-state index contributed by atoms with van der Waals surface area (Å²) in [5.74, 6) is -2.39. The molecule has 1 aromatic carbocycles. The minimum absolute atomic E-state index is 0.479. The molecule has 31 heavy (non-hydrogen) atoms. The van der Waals surface area contributed by atoms with Crippen molar-refractivity contribution in [1.29, 1.82) is 0 Å². The highest BCUT2D eigenvalue weighted by Gasteiger charge is 2.44. The standard InChI is InChI=1S/C19H21BrN4O7/c1-9(26)21-16-13(6-15(19(29)30)31-18(16)17(28)14(27)8-25)24-7-12(22-23-24)10-4-2-3-5-11(10)20/h2-7,13-14,16-18,25,27-28H,8H2,1H3,(H,21,26)(H,29,30)/t13-,14?,16+,17+,18+/m0/s1. The molecule has 0 aliphatic carbocycles. The van der Waals surface area contributed by atoms with Crippen molar-refractivity contribution in [3.8, 4) is 11.3 Å². The number of nitrogens with zero attached hydrogens (tertiary/aromatic N) is 3. The summed E-state index contributed by atoms with van der Waals surface area (Å²) in [4.78, 5) is 23.4. The van der Waals surface area contributed by atoms with E-state index in [1.165, 1.54) is 17.7 Å². The average molecular weight is 497 g/mol. The number of aromatic nitrogens is 3. The number of rotatable bonds is 7. The summed E-state index contributed by atoms with van der Waals surface area (Å²) in [6, 6.07) is 5.36. The van der Waals surface area contributed by atoms with Crippen molar-refractivity contribution in [2.75, 3.05) is 6.61 Å². The summed E-state index contributed by atoms with van der Waals surface area (Å²) in [6.07, 6.45) is -1.91. The molecule has 1 aromatic heterocycles. The summed E-state index contributed by atoms with van der Waals surface area (Å²) in [5, 5.41) is 49.8. The Labute approximate surface area is 185 Å². The second-order valence-electron chi connectivity index (χ2n) is 6.94. The van der Waals surface area contributed by atoms with Crippen LogP contribution in [0, 0.1) is 0 Å². The lowest BCUT2D eigenvalue weighted by atomic mass is 9.92. The molecule has 0 spiro atoms. The Bertz CT molecular complexity index is 995. The number of halogens is 1. The molecule has 12 heteroatoms. The van der Waals surface area contributed by atoms with Crippen LogP contribution in [0.4, 0.5) is 0 Å². The molecule has 1 aliphatic heterocycles. The Hall–Kier alpha value is -2.80. The Kier molecular flexibility index (Phi) is 7.05. The van der Waals surface area contributed by atoms with Gasteiger partial charge in [0, 0.05) is 17.0 Å². The number of carboxylic acids is 1. The fraction of sp³-hybridized carbons (Fsp3) is 0.368. The van der Waals surface area contributed by atoms with Gasteiger partial charge in [-0.2, -0.15) is 0 Å². The van der Waals surface area contributed by atoms with Crippen molar-refractivity contribution >= 4 is 27.8 Å². The molecule has 11 nitrogen and oxygen atoms in total. The van der Waals surface area contributed by atoms with E-state index in [1.54, 1.807) is 6.20 Å². The van der Waals surface area contributed by atoms with Gasteiger partial charge in [-0.05, 0) is 12.1 Å². The van der Waals surface area contributed by atoms with Gasteiger partial charge in [0.05, 0.1) is 24.9 Å². The van der Waals surface area contributed by atoms with Crippen molar-refractivity contribution in [2.45, 2.75) is 37.3 Å². The van der Waals surface area contributed by atoms with Crippen LogP contribution in [-0.4, -0.2) is 78.3 Å². The summed E-state index contributed by atoms with van der Waals surface area (Å²) >= 11 is 3.44. The van der Waals surface area contributed by atoms with Crippen LogP contribution in [-0.2, 0) is 14.3 Å². The molecule has 0 bridgehead atoms. The molecular weight excluding hydrogens is 476 g/mol. The number of aliphatic hydroxyl groups is 3. The summed E-state index contributed by atoms with van der Waals surface area (Å²) in [7, 11) is 0. The first-order valence-corrected chi connectivity index (χ1v) is 10.0. The normalized spacial score (nSPS) is 22.7. The lowest BCUT2D eigenvalue weighted by Gasteiger charge is -2.39. The third kappa shape index (κ3) is 4.93. The fourth-order valence-electron chi connectivity index (χ4n) is 3.30. The number of ether oxygens (including phenoxy) is 1. The van der Waals surface area contributed by atoms with Crippen LogP contribution >= 0.6 is 15.9 Å². The molecule has 0 fully saturated rings. The SMILES string of the molecule is CC(=O)N[C@H]1[C@H]([C@H](O)C(O)CO)OC(C(=O)O)=C[C@@H]1n1cc(-c2ccccc2Br)nn1. The molecule has 0 saturated heterocycles. The van der Waals surface area contributed by atoms with E-state index in [4.69, 9.17) is 4.74 Å². The number of amides is 1. The number of hydrogen-bond acceptors (Lipinski definition) is 8. The lowest BCUT2D eigenvalue weighted by molar-refractivity contribution is -0.147. The van der Waals surface area contributed by atoms with E-state index in [0.717, 1.165) is 10.0 Å². The van der Waals surface area contributed by atoms with Gasteiger partial charge in [-0.1, -0.05) is 39.3 Å². The summed E-state index contributed by atoms with van der Waals surface area (Å²) < 4.78 is 7.48. The molecule has 1 aliphatic rings. The Morgan fingerprint density at radius 1 is 1.32 bits per heavy atom. The molecule has 5 N–H and O–H groups in total. The van der Waals surface area contributed by atoms with Crippen LogP contribution in [0.25, 0.3) is 11.3 Å². The number of carbonyl (C=O) groups excluding carboxylic acids is 1. The number of carbonyl (C=O) groups is 2. The van der Waals surface area contributed by atoms with E-state index in [-0.39, 0.29) is 0 Å². The molecule has 1 amide bonds. The zero-order valence-electron chi connectivity index (χ0n) is 16.3. The van der Waals surface area contributed by atoms with Crippen molar-refractivity contribution in [2.24, 2.45) is 0 Å². The highest BCUT2D eigenvalue weighted by Crippen LogP contribution is 2.32. The number of benzene rings is 1. The van der Waals surface area contributed by atoms with Gasteiger partial charge in [0.15, 0.2) is 0 Å². The highest BCUT2D eigenvalue weighted by atomic mass is 79.9. The van der Waals surface area contributed by atoms with Crippen LogP contribution in [0.2, 0.25) is 0 Å². The molecule has 166 valence electrons. The Morgan fingerprint density at radius 3 is 2.65 bits per heavy atom. The van der Waals surface area contributed by atoms with E-state index in [1.807, 2.05) is 24.3 Å². The first-order valence-electron chi connectivity index (χ1n) is 9.25. The first-order chi connectivity index (χ1) is 14.7. The van der Waals surface area contributed by atoms with Gasteiger partial charge < -0.3 is 30.5 Å². The van der Waals surface area contributed by atoms with E-state index >= 15 is 0 Å². The van der Waals surface area contributed by atoms with Crippen molar-refractivity contribution in [1.82, 2.24) is 20.3 Å². The predicted octanol–water partition coefficient (Wildman–Crippen LogP) is -0.165. The van der Waals surface area contributed by atoms with Gasteiger partial charge in [-0.3, -0.25) is 4.79 Å². The van der Waals surface area contributed by atoms with Crippen LogP contribution in [0.3, 0.4) is 0 Å². The van der Waals surface area contributed by atoms with Gasteiger partial charge >= 0.3 is 5.97 Å². The van der Waals surface area contributed by atoms with Crippen LogP contribution in [0.5, 0.6) is 0 Å². The van der Waals surface area contributed by atoms with Crippen molar-refractivity contribution < 1.29 is 34.8 Å². The zero-order chi connectivity index (χ0) is 22.7. The molecular formula is C19H21BrN4O7. The van der Waals surface area contributed by atoms with Crippen molar-refractivity contribution in [3.05, 3.63) is 46.8 Å². The van der Waals surface area contributed by atoms with E-state index in [9.17, 15) is 30.0 Å². The topological polar surface area (TPSA) is 167 Å². The van der Waals surface area contributed by atoms with Gasteiger partial charge in [-0.25, -0.2) is 9.48 Å². The maximum absolute atomic E-state index is 11.8. The van der Waals surface area contributed by atoms with Crippen LogP contribution in [0.15, 0.2) is 46.8 Å². The molecule has 1 unspecified atom stereocenters. The molecule has 2 heterocycles. The number of carboxylic acid groups (broad SMARTS) is 1. The smallest absolute Gasteiger partial charge is 0.370 e. The summed E-state index contributed by atoms with van der Waals surface area (Å²) in [6.45, 7) is 0.452. The van der Waals surface area contributed by atoms with E-state index in [2.05, 4.69) is 31.6 Å². The van der Waals surface area contributed by atoms with Gasteiger partial charge in [0.1, 0.15) is 24.0 Å². The van der Waals surface area contributed by atoms with Gasteiger partial charge in [-0.15, -0.1) is 5.10 Å². The Morgan fingerprint density at radius 2 is 2.03 bits per heavy atom. The van der Waals surface area contributed by atoms with Gasteiger partial charge in [0.2, 0.25) is 11.7 Å². The van der Waals surface area contributed by atoms with E-state index in [0.29, 0.717) is 5.69 Å². The number of nitrogens with one attached hydrogen (secondary N) is 1. The number of aliphatic carboxylic acids is 1. The largest absolute Gasteiger partial charge is 0.478 e. The molecule has 5 atom stereocenters. The number of hydrogen-bond donors (Lipinski definition) is 5. The molecule has 0 saturated carbocycles. The number of aliphatic hydroxyl groups excluding tert-OH is 3. The molecule has 2 aromatic rings. The minimum Gasteiger partial charge on any atom is -0.478 e. The maximum Gasteiger partial charge on any atom is 0.370 e. The average Bonchev–Trinajstić information content (AvgIpc) is 3.22. The molecule has 0 radical (unpaired) electrons. The van der Waals surface area contributed by atoms with Crippen molar-refractivity contribution in [3.63, 3.8) is 0 Å². The maximum atomic E-state index is 11.8. The van der Waals surface area contributed by atoms with E-state index < -0.39 is 54.6 Å². The Balaban J connectivity index is 2.06. The minimum atomic E-state index is -1.70. The quantitative estimate of drug-likeness (QED) is 0.349. The summed E-state index contributed by atoms with van der Waals surface area (Å²) in [5.41, 5.74) is 1.23. The predicted molar refractivity (Wildman–Crippen MR) is 109 cm³/mol. The highest BCUT2D eigenvalue weighted by molar-refractivity contribution is 9.10. The van der Waals surface area contributed by atoms with Crippen LogP contribution < -0.4 is 5.32 Å². The van der Waals surface area contributed by atoms with Gasteiger partial charge in [0.25, 0.3) is 0 Å². The fourth-order valence-corrected chi connectivity index (χ4v) is 3.79. The molecule has 3 rings (SSSR count). The third-order valence-electron chi connectivity index (χ3n) is 4.77. The lowest BCUT2D eigenvalue weighted by Crippen LogP contribution is -2.58. The second kappa shape index (κ2) is 9.56. The monoisotopic (exact) mass is 496 g/mol. The first kappa shape index (κ1) is 22.9. The zero-order valence-corrected chi connectivity index (χ0v) is 17.9. The van der Waals surface area contributed by atoms with Crippen LogP contribution in [0.1, 0.15) is 13.0 Å².